The number of hydrogen-bond donors (Lipinski definition) is 3. The second-order valence-corrected chi connectivity index (χ2v) is 4.79. The number of halogens is 2. The maximum atomic E-state index is 13.1. The lowest BCUT2D eigenvalue weighted by molar-refractivity contribution is -0.119. The van der Waals surface area contributed by atoms with Gasteiger partial charge in [-0.25, -0.2) is 8.78 Å². The van der Waals surface area contributed by atoms with Gasteiger partial charge in [0.2, 0.25) is 5.91 Å². The number of phenolic OH excluding ortho intramolecular Hbond substituents is 1. The van der Waals surface area contributed by atoms with Crippen molar-refractivity contribution in [3.05, 3.63) is 29.3 Å². The van der Waals surface area contributed by atoms with Crippen molar-refractivity contribution < 1.29 is 18.7 Å². The van der Waals surface area contributed by atoms with Crippen molar-refractivity contribution in [2.75, 3.05) is 0 Å². The van der Waals surface area contributed by atoms with Gasteiger partial charge in [0.1, 0.15) is 0 Å². The third-order valence-electron chi connectivity index (χ3n) is 2.46. The van der Waals surface area contributed by atoms with Crippen LogP contribution in [0.25, 0.3) is 0 Å². The molecule has 0 unspecified atom stereocenters. The Morgan fingerprint density at radius 2 is 1.89 bits per heavy atom. The second kappa shape index (κ2) is 5.30. The molecule has 6 heteroatoms. The van der Waals surface area contributed by atoms with Gasteiger partial charge in [0, 0.05) is 18.5 Å². The topological polar surface area (TPSA) is 75.4 Å². The van der Waals surface area contributed by atoms with Crippen molar-refractivity contribution in [3.63, 3.8) is 0 Å². The summed E-state index contributed by atoms with van der Waals surface area (Å²) in [5.41, 5.74) is 4.84. The van der Waals surface area contributed by atoms with E-state index in [2.05, 4.69) is 5.32 Å². The standard InChI is InChI=1S/C12H16F2N2O2/c1-12(2,5-10(15)17)16-6-7-3-8(13)11(18)9(14)4-7/h3-4,16,18H,5-6H2,1-2H3,(H2,15,17). The summed E-state index contributed by atoms with van der Waals surface area (Å²) in [5.74, 6) is -3.48. The van der Waals surface area contributed by atoms with Crippen LogP contribution in [0.4, 0.5) is 8.78 Å². The van der Waals surface area contributed by atoms with Crippen LogP contribution in [0, 0.1) is 11.6 Å². The van der Waals surface area contributed by atoms with Gasteiger partial charge in [-0.2, -0.15) is 0 Å². The first-order valence-corrected chi connectivity index (χ1v) is 5.41. The molecule has 0 radical (unpaired) electrons. The van der Waals surface area contributed by atoms with Gasteiger partial charge in [-0.1, -0.05) is 0 Å². The number of rotatable bonds is 5. The van der Waals surface area contributed by atoms with Crippen LogP contribution in [-0.2, 0) is 11.3 Å². The van der Waals surface area contributed by atoms with Crippen molar-refractivity contribution >= 4 is 5.91 Å². The first kappa shape index (κ1) is 14.4. The normalized spacial score (nSPS) is 11.6. The molecule has 1 rings (SSSR count). The Bertz CT molecular complexity index is 438. The van der Waals surface area contributed by atoms with Crippen LogP contribution in [-0.4, -0.2) is 16.6 Å². The van der Waals surface area contributed by atoms with Crippen molar-refractivity contribution in [1.29, 1.82) is 0 Å². The molecular weight excluding hydrogens is 242 g/mol. The number of carbonyl (C=O) groups is 1. The fraction of sp³-hybridized carbons (Fsp3) is 0.417. The summed E-state index contributed by atoms with van der Waals surface area (Å²) in [6.45, 7) is 3.67. The number of hydrogen-bond acceptors (Lipinski definition) is 3. The lowest BCUT2D eigenvalue weighted by Crippen LogP contribution is -2.42. The highest BCUT2D eigenvalue weighted by molar-refractivity contribution is 5.74. The highest BCUT2D eigenvalue weighted by Crippen LogP contribution is 2.21. The van der Waals surface area contributed by atoms with E-state index in [0.717, 1.165) is 12.1 Å². The van der Waals surface area contributed by atoms with E-state index in [9.17, 15) is 13.6 Å². The second-order valence-electron chi connectivity index (χ2n) is 4.79. The van der Waals surface area contributed by atoms with Gasteiger partial charge in [-0.3, -0.25) is 4.79 Å². The predicted molar refractivity (Wildman–Crippen MR) is 62.8 cm³/mol. The predicted octanol–water partition coefficient (Wildman–Crippen LogP) is 1.41. The molecule has 0 bridgehead atoms. The Labute approximate surface area is 104 Å². The highest BCUT2D eigenvalue weighted by Gasteiger charge is 2.20. The number of primary amides is 1. The van der Waals surface area contributed by atoms with Gasteiger partial charge >= 0.3 is 0 Å². The van der Waals surface area contributed by atoms with E-state index in [1.807, 2.05) is 0 Å². The molecule has 0 spiro atoms. The van der Waals surface area contributed by atoms with E-state index in [4.69, 9.17) is 10.8 Å². The number of amides is 1. The summed E-state index contributed by atoms with van der Waals surface area (Å²) >= 11 is 0. The summed E-state index contributed by atoms with van der Waals surface area (Å²) in [7, 11) is 0. The van der Waals surface area contributed by atoms with E-state index in [-0.39, 0.29) is 13.0 Å². The number of nitrogens with two attached hydrogens (primary N) is 1. The van der Waals surface area contributed by atoms with E-state index in [1.165, 1.54) is 0 Å². The van der Waals surface area contributed by atoms with Crippen LogP contribution in [0.2, 0.25) is 0 Å². The van der Waals surface area contributed by atoms with Gasteiger partial charge in [0.25, 0.3) is 0 Å². The van der Waals surface area contributed by atoms with Crippen molar-refractivity contribution in [1.82, 2.24) is 5.32 Å². The molecule has 18 heavy (non-hydrogen) atoms. The van der Waals surface area contributed by atoms with Crippen LogP contribution in [0.5, 0.6) is 5.75 Å². The molecule has 100 valence electrons. The highest BCUT2D eigenvalue weighted by atomic mass is 19.1. The summed E-state index contributed by atoms with van der Waals surface area (Å²) < 4.78 is 26.2. The van der Waals surface area contributed by atoms with Crippen LogP contribution in [0.15, 0.2) is 12.1 Å². The molecule has 0 saturated carbocycles. The summed E-state index contributed by atoms with van der Waals surface area (Å²) in [6.07, 6.45) is 0.107. The molecule has 4 N–H and O–H groups in total. The first-order valence-electron chi connectivity index (χ1n) is 5.41. The van der Waals surface area contributed by atoms with Crippen LogP contribution >= 0.6 is 0 Å². The Morgan fingerprint density at radius 3 is 2.33 bits per heavy atom. The molecule has 0 aliphatic carbocycles. The Hall–Kier alpha value is -1.69. The molecule has 4 nitrogen and oxygen atoms in total. The molecule has 0 atom stereocenters. The minimum absolute atomic E-state index is 0.107. The fourth-order valence-corrected chi connectivity index (χ4v) is 1.56. The maximum absolute atomic E-state index is 13.1. The Balaban J connectivity index is 2.72. The lowest BCUT2D eigenvalue weighted by Gasteiger charge is -2.25. The lowest BCUT2D eigenvalue weighted by atomic mass is 10.00. The molecule has 0 aliphatic heterocycles. The number of aromatic hydroxyl groups is 1. The van der Waals surface area contributed by atoms with Crippen molar-refractivity contribution in [2.24, 2.45) is 5.73 Å². The molecule has 0 heterocycles. The summed E-state index contributed by atoms with van der Waals surface area (Å²) in [4.78, 5) is 10.8. The third kappa shape index (κ3) is 3.96. The smallest absolute Gasteiger partial charge is 0.219 e. The van der Waals surface area contributed by atoms with Crippen LogP contribution in [0.3, 0.4) is 0 Å². The van der Waals surface area contributed by atoms with E-state index in [0.29, 0.717) is 5.56 Å². The molecule has 0 saturated heterocycles. The minimum atomic E-state index is -1.01. The average Bonchev–Trinajstić information content (AvgIpc) is 2.21. The number of nitrogens with one attached hydrogen (secondary N) is 1. The van der Waals surface area contributed by atoms with Crippen molar-refractivity contribution in [2.45, 2.75) is 32.4 Å². The zero-order chi connectivity index (χ0) is 13.9. The quantitative estimate of drug-likeness (QED) is 0.747. The summed E-state index contributed by atoms with van der Waals surface area (Å²) in [6, 6.07) is 2.07. The molecule has 0 aromatic heterocycles. The van der Waals surface area contributed by atoms with Gasteiger partial charge in [0.15, 0.2) is 17.4 Å². The Morgan fingerprint density at radius 1 is 1.39 bits per heavy atom. The fourth-order valence-electron chi connectivity index (χ4n) is 1.56. The third-order valence-corrected chi connectivity index (χ3v) is 2.46. The average molecular weight is 258 g/mol. The monoisotopic (exact) mass is 258 g/mol. The zero-order valence-electron chi connectivity index (χ0n) is 10.3. The maximum Gasteiger partial charge on any atom is 0.219 e. The summed E-state index contributed by atoms with van der Waals surface area (Å²) in [5, 5.41) is 11.9. The number of carbonyl (C=O) groups excluding carboxylic acids is 1. The van der Waals surface area contributed by atoms with E-state index < -0.39 is 28.8 Å². The van der Waals surface area contributed by atoms with Gasteiger partial charge in [0.05, 0.1) is 0 Å². The number of phenols is 1. The number of benzene rings is 1. The molecular formula is C12H16F2N2O2. The van der Waals surface area contributed by atoms with E-state index >= 15 is 0 Å². The van der Waals surface area contributed by atoms with Crippen LogP contribution in [0.1, 0.15) is 25.8 Å². The van der Waals surface area contributed by atoms with E-state index in [1.54, 1.807) is 13.8 Å². The largest absolute Gasteiger partial charge is 0.503 e. The van der Waals surface area contributed by atoms with Crippen LogP contribution < -0.4 is 11.1 Å². The van der Waals surface area contributed by atoms with Gasteiger partial charge in [-0.15, -0.1) is 0 Å². The minimum Gasteiger partial charge on any atom is -0.503 e. The SMILES string of the molecule is CC(C)(CC(N)=O)NCc1cc(F)c(O)c(F)c1. The molecule has 1 aromatic rings. The molecule has 1 aromatic carbocycles. The van der Waals surface area contributed by atoms with Gasteiger partial charge < -0.3 is 16.2 Å². The Kier molecular flexibility index (Phi) is 4.24. The van der Waals surface area contributed by atoms with Crippen molar-refractivity contribution in [3.8, 4) is 5.75 Å². The first-order chi connectivity index (χ1) is 8.21. The van der Waals surface area contributed by atoms with Gasteiger partial charge in [-0.05, 0) is 31.5 Å². The molecule has 1 amide bonds. The molecule has 0 fully saturated rings. The zero-order valence-corrected chi connectivity index (χ0v) is 10.3. The molecule has 0 aliphatic rings.